The number of Topliss-reactive ketones (excluding diaryl/α,β-unsaturated/α-hetero) is 2. The Morgan fingerprint density at radius 1 is 0.522 bits per heavy atom. The number of hydrogen-bond acceptors (Lipinski definition) is 16. The predicted molar refractivity (Wildman–Crippen MR) is 371 cm³/mol. The quantitative estimate of drug-likeness (QED) is 0.0293. The lowest BCUT2D eigenvalue weighted by molar-refractivity contribution is -0.138. The smallest absolute Gasteiger partial charge is 0.439 e. The Morgan fingerprint density at radius 2 is 0.902 bits per heavy atom. The van der Waals surface area contributed by atoms with Crippen molar-refractivity contribution in [2.75, 3.05) is 46.3 Å². The molecule has 0 spiro atoms. The fourth-order valence-corrected chi connectivity index (χ4v) is 9.21. The van der Waals surface area contributed by atoms with E-state index in [1.807, 2.05) is 133 Å². The molecule has 10 rings (SSSR count). The number of anilines is 1. The number of nitrogen functional groups attached to an aromatic ring is 1. The zero-order valence-electron chi connectivity index (χ0n) is 50.7. The largest absolute Gasteiger partial charge is 0.484 e. The summed E-state index contributed by atoms with van der Waals surface area (Å²) < 4.78 is 32.0. The first kappa shape index (κ1) is 73.6. The first-order valence-corrected chi connectivity index (χ1v) is 31.8. The van der Waals surface area contributed by atoms with Crippen molar-refractivity contribution in [3.05, 3.63) is 258 Å². The minimum Gasteiger partial charge on any atom is -0.484 e. The van der Waals surface area contributed by atoms with E-state index in [1.165, 1.54) is 6.20 Å². The van der Waals surface area contributed by atoms with E-state index in [0.29, 0.717) is 54.8 Å². The molecule has 10 aromatic rings. The molecule has 0 amide bonds. The molecule has 5 aromatic carbocycles. The standard InChI is InChI=1S/C16H12BrN3O2.2C12H11BrN2O2.C12H11BrN2O.C8H13N2O2.C6H6BrN/c17-12-3-1-4-13(7-12)20-9-15(19-11-20)16(21)10-22-14-5-2-6-18-8-14;2*1-2-17-12(16)11-7-15(8-14-11)10-5-3-4-9(13)6-10;1-2-12(16)11-7-15(8-14-11)10-5-3-4-9(13)6-10;1-5-12-8(11)7(9-2)6-10(3)4;7-5-2-1-3-6(8)4-5/h1-9,11H,10H2;2*3-8H,2H2,1H3;3-8H,2H2,1H3;2,6H,5H2,1,3-4H3;1-4H,8H2/q;;;;+1;/b;;;;7-6-;. The third-order valence-electron chi connectivity index (χ3n) is 11.5. The molecule has 0 fully saturated rings. The highest BCUT2D eigenvalue weighted by molar-refractivity contribution is 9.11. The third kappa shape index (κ3) is 25.3. The number of nitrogens with zero attached hydrogens (tertiary/aromatic N) is 11. The molecule has 0 saturated carbocycles. The van der Waals surface area contributed by atoms with Gasteiger partial charge in [-0.3, -0.25) is 14.6 Å². The van der Waals surface area contributed by atoms with Gasteiger partial charge in [-0.1, -0.05) is 117 Å². The average Bonchev–Trinajstić information content (AvgIpc) is 2.69. The normalized spacial score (nSPS) is 10.2. The van der Waals surface area contributed by atoms with Crippen molar-refractivity contribution in [1.82, 2.24) is 48.1 Å². The number of imidazole rings is 4. The highest BCUT2D eigenvalue weighted by Crippen LogP contribution is 2.20. The molecule has 0 bridgehead atoms. The Balaban J connectivity index is 0.000000205. The Morgan fingerprint density at radius 3 is 1.23 bits per heavy atom. The zero-order chi connectivity index (χ0) is 67.0. The first-order valence-electron chi connectivity index (χ1n) is 27.8. The van der Waals surface area contributed by atoms with Crippen LogP contribution in [0.2, 0.25) is 0 Å². The highest BCUT2D eigenvalue weighted by Gasteiger charge is 2.21. The van der Waals surface area contributed by atoms with E-state index in [4.69, 9.17) is 26.5 Å². The van der Waals surface area contributed by atoms with Gasteiger partial charge in [0.1, 0.15) is 42.4 Å². The Kier molecular flexibility index (Phi) is 31.4. The molecule has 0 saturated heterocycles. The summed E-state index contributed by atoms with van der Waals surface area (Å²) in [5.74, 6) is -0.871. The second-order valence-electron chi connectivity index (χ2n) is 18.6. The van der Waals surface area contributed by atoms with E-state index in [9.17, 15) is 24.0 Å². The molecule has 5 heterocycles. The van der Waals surface area contributed by atoms with Crippen LogP contribution in [0.4, 0.5) is 5.69 Å². The van der Waals surface area contributed by atoms with E-state index in [1.54, 1.807) is 128 Å². The van der Waals surface area contributed by atoms with Crippen LogP contribution >= 0.6 is 79.6 Å². The minimum atomic E-state index is -0.506. The molecule has 0 aliphatic rings. The lowest BCUT2D eigenvalue weighted by Crippen LogP contribution is -2.12. The third-order valence-corrected chi connectivity index (χ3v) is 13.9. The topological polar surface area (TPSA) is 240 Å². The van der Waals surface area contributed by atoms with Crippen molar-refractivity contribution in [2.24, 2.45) is 0 Å². The van der Waals surface area contributed by atoms with Crippen LogP contribution in [-0.4, -0.2) is 118 Å². The molecule has 476 valence electrons. The number of esters is 3. The van der Waals surface area contributed by atoms with Crippen molar-refractivity contribution >= 4 is 115 Å². The molecule has 2 N–H and O–H groups in total. The van der Waals surface area contributed by atoms with Gasteiger partial charge in [-0.15, -0.1) is 0 Å². The Labute approximate surface area is 574 Å². The fourth-order valence-electron chi connectivity index (χ4n) is 7.24. The maximum Gasteiger partial charge on any atom is 0.439 e. The lowest BCUT2D eigenvalue weighted by Gasteiger charge is -2.03. The number of carbonyl (C=O) groups is 5. The molecule has 0 radical (unpaired) electrons. The Bertz CT molecular complexity index is 3970. The summed E-state index contributed by atoms with van der Waals surface area (Å²) in [7, 11) is 3.54. The van der Waals surface area contributed by atoms with Gasteiger partial charge >= 0.3 is 23.6 Å². The molecule has 0 atom stereocenters. The summed E-state index contributed by atoms with van der Waals surface area (Å²) in [4.78, 5) is 82.6. The van der Waals surface area contributed by atoms with Gasteiger partial charge in [-0.2, -0.15) is 0 Å². The van der Waals surface area contributed by atoms with Crippen LogP contribution in [0.5, 0.6) is 5.75 Å². The van der Waals surface area contributed by atoms with Crippen molar-refractivity contribution in [2.45, 2.75) is 34.1 Å². The number of aromatic nitrogens is 9. The van der Waals surface area contributed by atoms with Gasteiger partial charge in [0, 0.05) is 102 Å². The van der Waals surface area contributed by atoms with Crippen LogP contribution in [0.25, 0.3) is 27.6 Å². The summed E-state index contributed by atoms with van der Waals surface area (Å²) in [5.41, 5.74) is 11.6. The molecule has 92 heavy (non-hydrogen) atoms. The van der Waals surface area contributed by atoms with Gasteiger partial charge in [-0.25, -0.2) is 34.3 Å². The highest BCUT2D eigenvalue weighted by atomic mass is 79.9. The molecule has 26 heteroatoms. The second kappa shape index (κ2) is 39.2. The molecular weight excluding hydrogens is 1500 g/mol. The van der Waals surface area contributed by atoms with Crippen LogP contribution in [0, 0.1) is 6.57 Å². The van der Waals surface area contributed by atoms with Gasteiger partial charge in [0.2, 0.25) is 5.78 Å². The number of hydrogen-bond donors (Lipinski definition) is 1. The Hall–Kier alpha value is -9.13. The van der Waals surface area contributed by atoms with Crippen molar-refractivity contribution in [1.29, 1.82) is 0 Å². The summed E-state index contributed by atoms with van der Waals surface area (Å²) >= 11 is 16.9. The maximum absolute atomic E-state index is 12.1. The van der Waals surface area contributed by atoms with Gasteiger partial charge < -0.3 is 47.8 Å². The van der Waals surface area contributed by atoms with Crippen molar-refractivity contribution in [3.8, 4) is 35.1 Å². The zero-order valence-corrected chi connectivity index (χ0v) is 58.7. The minimum absolute atomic E-state index is 0.0637. The van der Waals surface area contributed by atoms with Crippen LogP contribution in [0.1, 0.15) is 76.1 Å². The molecule has 0 aliphatic carbocycles. The number of benzene rings is 5. The van der Waals surface area contributed by atoms with E-state index in [2.05, 4.69) is 114 Å². The SMILES string of the molecule is C#[N+]/C(=C\N(C)C)C(=O)OCC.CCC(=O)c1cn(-c2cccc(Br)c2)cn1.CCOC(=O)c1cn(-c2cccc(Br)c2)cn1.CCOC(=O)c1cn(-c2cccc(Br)c2)cn1.Nc1cccc(Br)c1.O=C(COc1cccnc1)c1cn(-c2cccc(Br)c2)cn1. The van der Waals surface area contributed by atoms with E-state index < -0.39 is 17.9 Å². The molecule has 21 nitrogen and oxygen atoms in total. The lowest BCUT2D eigenvalue weighted by atomic mass is 10.2. The van der Waals surface area contributed by atoms with Gasteiger partial charge in [-0.05, 0) is 129 Å². The molecule has 0 unspecified atom stereocenters. The van der Waals surface area contributed by atoms with Crippen LogP contribution < -0.4 is 10.5 Å². The second-order valence-corrected chi connectivity index (χ2v) is 23.2. The van der Waals surface area contributed by atoms with Gasteiger partial charge in [0.15, 0.2) is 23.8 Å². The summed E-state index contributed by atoms with van der Waals surface area (Å²) in [6.45, 7) is 13.0. The summed E-state index contributed by atoms with van der Waals surface area (Å²) in [6, 6.07) is 42.1. The number of nitrogens with two attached hydrogens (primary N) is 1. The summed E-state index contributed by atoms with van der Waals surface area (Å²) in [5, 5.41) is 0. The van der Waals surface area contributed by atoms with Crippen molar-refractivity contribution in [3.63, 3.8) is 0 Å². The molecule has 5 aromatic heterocycles. The predicted octanol–water partition coefficient (Wildman–Crippen LogP) is 15.1. The summed E-state index contributed by atoms with van der Waals surface area (Å²) in [6.07, 6.45) is 18.4. The van der Waals surface area contributed by atoms with E-state index in [0.717, 1.165) is 50.8 Å². The monoisotopic (exact) mass is 1560 g/mol. The number of ether oxygens (including phenoxy) is 4. The number of rotatable bonds is 17. The number of carbonyl (C=O) groups excluding carboxylic acids is 5. The average molecular weight is 1570 g/mol. The van der Waals surface area contributed by atoms with Crippen LogP contribution in [-0.2, 0) is 19.0 Å². The van der Waals surface area contributed by atoms with Gasteiger partial charge in [0.05, 0.1) is 32.2 Å². The first-order chi connectivity index (χ1) is 44.2. The van der Waals surface area contributed by atoms with Crippen LogP contribution in [0.15, 0.2) is 230 Å². The van der Waals surface area contributed by atoms with Crippen LogP contribution in [0.3, 0.4) is 0 Å². The number of pyridine rings is 1. The van der Waals surface area contributed by atoms with E-state index >= 15 is 0 Å². The molecular formula is C66H64Br5N12O9+. The van der Waals surface area contributed by atoms with E-state index in [-0.39, 0.29) is 23.9 Å². The van der Waals surface area contributed by atoms with Gasteiger partial charge in [0.25, 0.3) is 6.57 Å². The number of halogens is 5. The molecule has 0 aliphatic heterocycles. The number of ketones is 2. The maximum atomic E-state index is 12.1. The fraction of sp³-hybridized carbons (Fsp3) is 0.167. The van der Waals surface area contributed by atoms with Crippen molar-refractivity contribution < 1.29 is 42.9 Å².